The second-order valence-corrected chi connectivity index (χ2v) is 9.07. The number of nitrogens with zero attached hydrogens (tertiary/aromatic N) is 2. The normalized spacial score (nSPS) is 12.6. The summed E-state index contributed by atoms with van der Waals surface area (Å²) in [5, 5.41) is 8.26. The van der Waals surface area contributed by atoms with Crippen molar-refractivity contribution in [3.8, 4) is 17.2 Å². The summed E-state index contributed by atoms with van der Waals surface area (Å²) < 4.78 is 11.2. The molecule has 0 saturated carbocycles. The minimum Gasteiger partial charge on any atom is -0.494 e. The average molecular weight is 411 g/mol. The van der Waals surface area contributed by atoms with Gasteiger partial charge in [0.15, 0.2) is 5.78 Å². The van der Waals surface area contributed by atoms with Crippen LogP contribution in [0.5, 0.6) is 5.75 Å². The number of carbonyl (C=O) groups excluding carboxylic acids is 1. The van der Waals surface area contributed by atoms with E-state index < -0.39 is 0 Å². The van der Waals surface area contributed by atoms with E-state index in [0.717, 1.165) is 11.3 Å². The van der Waals surface area contributed by atoms with Crippen LogP contribution in [0, 0.1) is 0 Å². The molecule has 152 valence electrons. The minimum atomic E-state index is -0.343. The Balaban J connectivity index is 1.66. The fourth-order valence-electron chi connectivity index (χ4n) is 2.81. The van der Waals surface area contributed by atoms with Crippen molar-refractivity contribution >= 4 is 17.5 Å². The number of aromatic nitrogens is 2. The number of rotatable bonds is 7. The summed E-state index contributed by atoms with van der Waals surface area (Å²) in [4.78, 5) is 12.7. The largest absolute Gasteiger partial charge is 0.494 e. The van der Waals surface area contributed by atoms with Gasteiger partial charge in [-0.15, -0.1) is 10.2 Å². The fourth-order valence-corrected chi connectivity index (χ4v) is 3.57. The van der Waals surface area contributed by atoms with Crippen LogP contribution in [0.15, 0.2) is 58.2 Å². The standard InChI is InChI=1S/C23H26N2O3S/c1-6-27-19-13-9-16(10-14-19)20(26)15(2)29-22-25-24-21(28-22)17-7-11-18(12-8-17)23(3,4)5/h7-15H,6H2,1-5H3/t15-/m0/s1. The number of hydrogen-bond acceptors (Lipinski definition) is 6. The molecule has 0 radical (unpaired) electrons. The van der Waals surface area contributed by atoms with Crippen LogP contribution in [0.25, 0.3) is 11.5 Å². The molecule has 0 unspecified atom stereocenters. The minimum absolute atomic E-state index is 0.00679. The summed E-state index contributed by atoms with van der Waals surface area (Å²) in [6.07, 6.45) is 0. The Kier molecular flexibility index (Phi) is 6.42. The summed E-state index contributed by atoms with van der Waals surface area (Å²) in [7, 11) is 0. The summed E-state index contributed by atoms with van der Waals surface area (Å²) in [5.74, 6) is 1.21. The van der Waals surface area contributed by atoms with E-state index in [0.29, 0.717) is 23.3 Å². The molecule has 3 rings (SSSR count). The Morgan fingerprint density at radius 1 is 1.07 bits per heavy atom. The third kappa shape index (κ3) is 5.26. The first-order valence-electron chi connectivity index (χ1n) is 9.66. The predicted molar refractivity (Wildman–Crippen MR) is 116 cm³/mol. The Hall–Kier alpha value is -2.60. The van der Waals surface area contributed by atoms with Crippen LogP contribution in [0.1, 0.15) is 50.5 Å². The molecule has 1 aromatic heterocycles. The Bertz CT molecular complexity index is 957. The number of thioether (sulfide) groups is 1. The number of benzene rings is 2. The van der Waals surface area contributed by atoms with Crippen LogP contribution in [0.3, 0.4) is 0 Å². The molecule has 0 aliphatic rings. The molecule has 0 bridgehead atoms. The van der Waals surface area contributed by atoms with Crippen LogP contribution in [0.2, 0.25) is 0 Å². The molecule has 29 heavy (non-hydrogen) atoms. The van der Waals surface area contributed by atoms with E-state index >= 15 is 0 Å². The van der Waals surface area contributed by atoms with E-state index in [-0.39, 0.29) is 16.4 Å². The maximum absolute atomic E-state index is 12.7. The number of ketones is 1. The van der Waals surface area contributed by atoms with Crippen LogP contribution in [0.4, 0.5) is 0 Å². The van der Waals surface area contributed by atoms with Gasteiger partial charge in [-0.1, -0.05) is 44.7 Å². The Labute approximate surface area is 175 Å². The zero-order valence-corrected chi connectivity index (χ0v) is 18.2. The van der Waals surface area contributed by atoms with Crippen LogP contribution in [-0.4, -0.2) is 27.8 Å². The van der Waals surface area contributed by atoms with Crippen molar-refractivity contribution in [1.82, 2.24) is 10.2 Å². The van der Waals surface area contributed by atoms with Crippen LogP contribution < -0.4 is 4.74 Å². The summed E-state index contributed by atoms with van der Waals surface area (Å²) in [5.41, 5.74) is 2.82. The van der Waals surface area contributed by atoms with Crippen molar-refractivity contribution in [3.05, 3.63) is 59.7 Å². The highest BCUT2D eigenvalue weighted by Crippen LogP contribution is 2.29. The van der Waals surface area contributed by atoms with Crippen molar-refractivity contribution in [2.75, 3.05) is 6.61 Å². The molecule has 1 heterocycles. The molecule has 0 spiro atoms. The van der Waals surface area contributed by atoms with Gasteiger partial charge in [0, 0.05) is 11.1 Å². The van der Waals surface area contributed by atoms with Gasteiger partial charge in [-0.2, -0.15) is 0 Å². The Morgan fingerprint density at radius 3 is 2.31 bits per heavy atom. The van der Waals surface area contributed by atoms with Gasteiger partial charge in [0.1, 0.15) is 5.75 Å². The smallest absolute Gasteiger partial charge is 0.277 e. The highest BCUT2D eigenvalue weighted by Gasteiger charge is 2.20. The van der Waals surface area contributed by atoms with E-state index in [1.54, 1.807) is 24.3 Å². The third-order valence-corrected chi connectivity index (χ3v) is 5.44. The first-order valence-corrected chi connectivity index (χ1v) is 10.5. The average Bonchev–Trinajstić information content (AvgIpc) is 3.16. The van der Waals surface area contributed by atoms with E-state index in [9.17, 15) is 4.79 Å². The van der Waals surface area contributed by atoms with Crippen molar-refractivity contribution in [2.24, 2.45) is 0 Å². The fraction of sp³-hybridized carbons (Fsp3) is 0.348. The molecule has 0 saturated heterocycles. The van der Waals surface area contributed by atoms with E-state index in [1.807, 2.05) is 26.0 Å². The van der Waals surface area contributed by atoms with Crippen molar-refractivity contribution < 1.29 is 13.9 Å². The van der Waals surface area contributed by atoms with E-state index in [1.165, 1.54) is 17.3 Å². The lowest BCUT2D eigenvalue weighted by Crippen LogP contribution is -2.13. The van der Waals surface area contributed by atoms with Gasteiger partial charge in [0.05, 0.1) is 11.9 Å². The lowest BCUT2D eigenvalue weighted by atomic mass is 9.87. The van der Waals surface area contributed by atoms with Gasteiger partial charge in [0.25, 0.3) is 5.22 Å². The molecule has 0 fully saturated rings. The molecule has 1 atom stereocenters. The second-order valence-electron chi connectivity index (χ2n) is 7.78. The Morgan fingerprint density at radius 2 is 1.72 bits per heavy atom. The molecule has 0 amide bonds. The number of carbonyl (C=O) groups is 1. The molecule has 0 N–H and O–H groups in total. The first-order chi connectivity index (χ1) is 13.8. The van der Waals surface area contributed by atoms with Crippen molar-refractivity contribution in [3.63, 3.8) is 0 Å². The topological polar surface area (TPSA) is 65.2 Å². The molecular weight excluding hydrogens is 384 g/mol. The van der Waals surface area contributed by atoms with Gasteiger partial charge in [0.2, 0.25) is 5.89 Å². The van der Waals surface area contributed by atoms with Gasteiger partial charge < -0.3 is 9.15 Å². The summed E-state index contributed by atoms with van der Waals surface area (Å²) in [6.45, 7) is 10.9. The summed E-state index contributed by atoms with van der Waals surface area (Å²) in [6, 6.07) is 15.3. The lowest BCUT2D eigenvalue weighted by molar-refractivity contribution is 0.0993. The molecular formula is C23H26N2O3S. The molecule has 2 aromatic carbocycles. The monoisotopic (exact) mass is 410 g/mol. The molecule has 5 nitrogen and oxygen atoms in total. The lowest BCUT2D eigenvalue weighted by Gasteiger charge is -2.18. The van der Waals surface area contributed by atoms with Crippen molar-refractivity contribution in [1.29, 1.82) is 0 Å². The highest BCUT2D eigenvalue weighted by molar-refractivity contribution is 8.00. The van der Waals surface area contributed by atoms with Crippen LogP contribution in [-0.2, 0) is 5.41 Å². The third-order valence-electron chi connectivity index (χ3n) is 4.50. The highest BCUT2D eigenvalue weighted by atomic mass is 32.2. The number of Topliss-reactive ketones (excluding diaryl/α,β-unsaturated/α-hetero) is 1. The quantitative estimate of drug-likeness (QED) is 0.362. The molecule has 0 aliphatic heterocycles. The number of ether oxygens (including phenoxy) is 1. The van der Waals surface area contributed by atoms with Gasteiger partial charge in [-0.05, 0) is 61.2 Å². The van der Waals surface area contributed by atoms with Gasteiger partial charge in [-0.3, -0.25) is 4.79 Å². The first kappa shape index (κ1) is 21.1. The molecule has 0 aliphatic carbocycles. The zero-order chi connectivity index (χ0) is 21.0. The molecule has 3 aromatic rings. The molecule has 6 heteroatoms. The summed E-state index contributed by atoms with van der Waals surface area (Å²) >= 11 is 1.26. The zero-order valence-electron chi connectivity index (χ0n) is 17.4. The van der Waals surface area contributed by atoms with E-state index in [4.69, 9.17) is 9.15 Å². The van der Waals surface area contributed by atoms with Gasteiger partial charge >= 0.3 is 0 Å². The maximum atomic E-state index is 12.7. The SMILES string of the molecule is CCOc1ccc(C(=O)[C@H](C)Sc2nnc(-c3ccc(C(C)(C)C)cc3)o2)cc1. The number of hydrogen-bond donors (Lipinski definition) is 0. The van der Waals surface area contributed by atoms with Crippen LogP contribution >= 0.6 is 11.8 Å². The van der Waals surface area contributed by atoms with Crippen molar-refractivity contribution in [2.45, 2.75) is 50.5 Å². The second kappa shape index (κ2) is 8.82. The maximum Gasteiger partial charge on any atom is 0.277 e. The van der Waals surface area contributed by atoms with E-state index in [2.05, 4.69) is 43.1 Å². The predicted octanol–water partition coefficient (Wildman–Crippen LogP) is 5.80. The van der Waals surface area contributed by atoms with Gasteiger partial charge in [-0.25, -0.2) is 0 Å².